The molecule has 0 radical (unpaired) electrons. The Hall–Kier alpha value is -1.30. The largest absolute Gasteiger partial charge is 0.491 e. The van der Waals surface area contributed by atoms with Crippen LogP contribution in [0.25, 0.3) is 0 Å². The quantitative estimate of drug-likeness (QED) is 0.822. The van der Waals surface area contributed by atoms with Crippen LogP contribution in [-0.4, -0.2) is 38.8 Å². The molecule has 1 amide bonds. The van der Waals surface area contributed by atoms with Crippen molar-refractivity contribution in [2.75, 3.05) is 32.1 Å². The molecule has 0 unspecified atom stereocenters. The van der Waals surface area contributed by atoms with Crippen molar-refractivity contribution >= 4 is 24.0 Å². The monoisotopic (exact) mass is 356 g/mol. The molecule has 0 spiro atoms. The zero-order valence-electron chi connectivity index (χ0n) is 15.0. The molecular formula is C18H29ClN2O3. The molecule has 2 rings (SSSR count). The first-order chi connectivity index (χ1) is 11.0. The average Bonchev–Trinajstić information content (AvgIpc) is 2.51. The van der Waals surface area contributed by atoms with Crippen LogP contribution >= 0.6 is 12.4 Å². The van der Waals surface area contributed by atoms with E-state index >= 15 is 0 Å². The number of carbonyl (C=O) groups is 1. The lowest BCUT2D eigenvalue weighted by molar-refractivity contribution is -0.130. The van der Waals surface area contributed by atoms with Gasteiger partial charge in [0.1, 0.15) is 5.75 Å². The van der Waals surface area contributed by atoms with Gasteiger partial charge in [0.15, 0.2) is 0 Å². The van der Waals surface area contributed by atoms with Crippen molar-refractivity contribution in [3.05, 3.63) is 23.8 Å². The number of piperidine rings is 1. The molecule has 0 saturated carbocycles. The Balaban J connectivity index is 0.00000288. The van der Waals surface area contributed by atoms with Crippen LogP contribution in [0.3, 0.4) is 0 Å². The first-order valence-electron chi connectivity index (χ1n) is 8.25. The normalized spacial score (nSPS) is 16.4. The van der Waals surface area contributed by atoms with Gasteiger partial charge in [-0.3, -0.25) is 4.79 Å². The predicted molar refractivity (Wildman–Crippen MR) is 99.2 cm³/mol. The van der Waals surface area contributed by atoms with Crippen molar-refractivity contribution in [2.45, 2.75) is 39.7 Å². The molecule has 136 valence electrons. The molecule has 0 aromatic heterocycles. The Kier molecular flexibility index (Phi) is 8.00. The molecule has 1 aliphatic heterocycles. The van der Waals surface area contributed by atoms with E-state index in [0.717, 1.165) is 42.9 Å². The zero-order chi connectivity index (χ0) is 16.9. The summed E-state index contributed by atoms with van der Waals surface area (Å²) in [5.41, 5.74) is 1.38. The number of nitrogens with one attached hydrogen (secondary N) is 2. The predicted octanol–water partition coefficient (Wildman–Crippen LogP) is 3.16. The van der Waals surface area contributed by atoms with Gasteiger partial charge in [-0.05, 0) is 70.5 Å². The molecule has 0 atom stereocenters. The lowest BCUT2D eigenvalue weighted by atomic mass is 9.78. The molecule has 1 saturated heterocycles. The fraction of sp³-hybridized carbons (Fsp3) is 0.611. The third-order valence-electron chi connectivity index (χ3n) is 4.26. The minimum atomic E-state index is -0.443. The van der Waals surface area contributed by atoms with Crippen molar-refractivity contribution in [1.82, 2.24) is 5.32 Å². The maximum Gasteiger partial charge on any atom is 0.233 e. The molecule has 1 aromatic rings. The third-order valence-corrected chi connectivity index (χ3v) is 4.26. The van der Waals surface area contributed by atoms with Gasteiger partial charge in [0.05, 0.1) is 18.1 Å². The summed E-state index contributed by atoms with van der Waals surface area (Å²) in [7, 11) is 1.65. The van der Waals surface area contributed by atoms with Gasteiger partial charge in [0, 0.05) is 12.8 Å². The van der Waals surface area contributed by atoms with Gasteiger partial charge in [-0.1, -0.05) is 0 Å². The number of methoxy groups -OCH3 is 1. The van der Waals surface area contributed by atoms with Gasteiger partial charge in [0.25, 0.3) is 0 Å². The second-order valence-corrected chi connectivity index (χ2v) is 6.56. The smallest absolute Gasteiger partial charge is 0.233 e. The summed E-state index contributed by atoms with van der Waals surface area (Å²) in [5.74, 6) is 0.893. The van der Waals surface area contributed by atoms with E-state index < -0.39 is 5.41 Å². The van der Waals surface area contributed by atoms with Crippen molar-refractivity contribution in [1.29, 1.82) is 0 Å². The molecule has 5 nitrogen and oxygen atoms in total. The Morgan fingerprint density at radius 1 is 1.33 bits per heavy atom. The first-order valence-corrected chi connectivity index (χ1v) is 8.25. The van der Waals surface area contributed by atoms with Gasteiger partial charge in [-0.2, -0.15) is 0 Å². The highest BCUT2D eigenvalue weighted by Crippen LogP contribution is 2.31. The summed E-state index contributed by atoms with van der Waals surface area (Å²) in [6, 6.07) is 5.76. The third kappa shape index (κ3) is 5.10. The van der Waals surface area contributed by atoms with Crippen LogP contribution in [0.5, 0.6) is 5.75 Å². The second kappa shape index (κ2) is 9.25. The summed E-state index contributed by atoms with van der Waals surface area (Å²) >= 11 is 0. The van der Waals surface area contributed by atoms with Crippen LogP contribution in [0, 0.1) is 12.3 Å². The first kappa shape index (κ1) is 20.7. The van der Waals surface area contributed by atoms with E-state index in [0.29, 0.717) is 6.61 Å². The average molecular weight is 357 g/mol. The second-order valence-electron chi connectivity index (χ2n) is 6.56. The number of amides is 1. The summed E-state index contributed by atoms with van der Waals surface area (Å²) in [4.78, 5) is 12.8. The maximum atomic E-state index is 12.8. The molecule has 1 aliphatic rings. The number of carbonyl (C=O) groups excluding carboxylic acids is 1. The molecule has 2 N–H and O–H groups in total. The number of ether oxygens (including phenoxy) is 2. The Morgan fingerprint density at radius 3 is 2.54 bits per heavy atom. The van der Waals surface area contributed by atoms with Crippen LogP contribution in [0.1, 0.15) is 32.3 Å². The van der Waals surface area contributed by atoms with E-state index in [9.17, 15) is 4.79 Å². The minimum Gasteiger partial charge on any atom is -0.491 e. The molecule has 6 heteroatoms. The lowest BCUT2D eigenvalue weighted by Crippen LogP contribution is -2.47. The van der Waals surface area contributed by atoms with Gasteiger partial charge >= 0.3 is 0 Å². The van der Waals surface area contributed by atoms with Crippen LogP contribution in [0.4, 0.5) is 5.69 Å². The van der Waals surface area contributed by atoms with Gasteiger partial charge in [-0.25, -0.2) is 0 Å². The van der Waals surface area contributed by atoms with Crippen molar-refractivity contribution in [2.24, 2.45) is 5.41 Å². The standard InChI is InChI=1S/C18H28N2O3.ClH/c1-13(2)23-16-6-5-15(11-14(16)3)20-17(21)18(12-22-4)7-9-19-10-8-18;/h5-6,11,13,19H,7-10,12H2,1-4H3,(H,20,21);1H. The molecule has 1 aromatic carbocycles. The van der Waals surface area contributed by atoms with E-state index in [1.165, 1.54) is 0 Å². The molecule has 24 heavy (non-hydrogen) atoms. The number of aryl methyl sites for hydroxylation is 1. The van der Waals surface area contributed by atoms with E-state index in [2.05, 4.69) is 10.6 Å². The summed E-state index contributed by atoms with van der Waals surface area (Å²) in [6.07, 6.45) is 1.72. The van der Waals surface area contributed by atoms with E-state index in [-0.39, 0.29) is 24.4 Å². The highest BCUT2D eigenvalue weighted by molar-refractivity contribution is 5.95. The van der Waals surface area contributed by atoms with Crippen LogP contribution in [0.15, 0.2) is 18.2 Å². The van der Waals surface area contributed by atoms with Crippen LogP contribution < -0.4 is 15.4 Å². The van der Waals surface area contributed by atoms with Crippen molar-refractivity contribution in [3.8, 4) is 5.75 Å². The topological polar surface area (TPSA) is 59.6 Å². The van der Waals surface area contributed by atoms with Crippen molar-refractivity contribution in [3.63, 3.8) is 0 Å². The Bertz CT molecular complexity index is 538. The maximum absolute atomic E-state index is 12.8. The lowest BCUT2D eigenvalue weighted by Gasteiger charge is -2.35. The Morgan fingerprint density at radius 2 is 2.00 bits per heavy atom. The van der Waals surface area contributed by atoms with Crippen molar-refractivity contribution < 1.29 is 14.3 Å². The fourth-order valence-electron chi connectivity index (χ4n) is 3.00. The number of hydrogen-bond donors (Lipinski definition) is 2. The van der Waals surface area contributed by atoms with Crippen LogP contribution in [-0.2, 0) is 9.53 Å². The number of rotatable bonds is 6. The zero-order valence-corrected chi connectivity index (χ0v) is 15.8. The molecule has 0 aliphatic carbocycles. The van der Waals surface area contributed by atoms with Gasteiger partial charge in [0.2, 0.25) is 5.91 Å². The van der Waals surface area contributed by atoms with E-state index in [1.54, 1.807) is 7.11 Å². The number of halogens is 1. The highest BCUT2D eigenvalue weighted by Gasteiger charge is 2.39. The van der Waals surface area contributed by atoms with Crippen LogP contribution in [0.2, 0.25) is 0 Å². The summed E-state index contributed by atoms with van der Waals surface area (Å²) in [5, 5.41) is 6.36. The fourth-order valence-corrected chi connectivity index (χ4v) is 3.00. The highest BCUT2D eigenvalue weighted by atomic mass is 35.5. The number of benzene rings is 1. The van der Waals surface area contributed by atoms with Gasteiger partial charge < -0.3 is 20.1 Å². The molecular weight excluding hydrogens is 328 g/mol. The summed E-state index contributed by atoms with van der Waals surface area (Å²) < 4.78 is 11.1. The van der Waals surface area contributed by atoms with E-state index in [1.807, 2.05) is 39.0 Å². The minimum absolute atomic E-state index is 0. The SMILES string of the molecule is COCC1(C(=O)Nc2ccc(OC(C)C)c(C)c2)CCNCC1.Cl. The summed E-state index contributed by atoms with van der Waals surface area (Å²) in [6.45, 7) is 8.13. The molecule has 1 heterocycles. The van der Waals surface area contributed by atoms with E-state index in [4.69, 9.17) is 9.47 Å². The Labute approximate surface area is 150 Å². The molecule has 1 fully saturated rings. The number of hydrogen-bond acceptors (Lipinski definition) is 4. The van der Waals surface area contributed by atoms with Gasteiger partial charge in [-0.15, -0.1) is 12.4 Å². The number of anilines is 1. The molecule has 0 bridgehead atoms.